The molecular weight excluding hydrogens is 532 g/mol. The molecule has 41 heavy (non-hydrogen) atoms. The molecule has 1 aliphatic heterocycles. The highest BCUT2D eigenvalue weighted by molar-refractivity contribution is 5.71. The molecular formula is C34H40F4O3. The first-order valence-electron chi connectivity index (χ1n) is 14.9. The zero-order valence-electron chi connectivity index (χ0n) is 24.0. The molecule has 0 N–H and O–H groups in total. The largest absolute Gasteiger partial charge is 0.490 e. The van der Waals surface area contributed by atoms with Crippen LogP contribution >= 0.6 is 0 Å². The van der Waals surface area contributed by atoms with E-state index >= 15 is 8.78 Å². The van der Waals surface area contributed by atoms with Crippen molar-refractivity contribution >= 4 is 0 Å². The molecule has 3 aromatic carbocycles. The Morgan fingerprint density at radius 3 is 1.83 bits per heavy atom. The monoisotopic (exact) mass is 572 g/mol. The Bertz CT molecular complexity index is 1250. The highest BCUT2D eigenvalue weighted by atomic mass is 19.2. The Morgan fingerprint density at radius 1 is 0.634 bits per heavy atom. The zero-order chi connectivity index (χ0) is 29.2. The van der Waals surface area contributed by atoms with Gasteiger partial charge in [0.25, 0.3) is 0 Å². The van der Waals surface area contributed by atoms with E-state index in [1.54, 1.807) is 24.3 Å². The molecule has 0 bridgehead atoms. The second-order valence-corrected chi connectivity index (χ2v) is 10.8. The lowest BCUT2D eigenvalue weighted by molar-refractivity contribution is -0.207. The third-order valence-electron chi connectivity index (χ3n) is 7.61. The van der Waals surface area contributed by atoms with Crippen molar-refractivity contribution < 1.29 is 31.8 Å². The SMILES string of the molecule is CCCCCCCC1COC(c2ccc(-c3ccc(-c4ccc(OCCCCC)c(F)c4F)cc3)c(F)c2F)OC1. The van der Waals surface area contributed by atoms with Gasteiger partial charge in [0.2, 0.25) is 5.82 Å². The zero-order valence-corrected chi connectivity index (χ0v) is 24.0. The molecule has 3 nitrogen and oxygen atoms in total. The van der Waals surface area contributed by atoms with Crippen LogP contribution in [0.3, 0.4) is 0 Å². The lowest BCUT2D eigenvalue weighted by atomic mass is 9.98. The number of rotatable bonds is 14. The summed E-state index contributed by atoms with van der Waals surface area (Å²) in [6, 6.07) is 12.0. The molecule has 0 atom stereocenters. The minimum absolute atomic E-state index is 0.0267. The fourth-order valence-corrected chi connectivity index (χ4v) is 5.13. The van der Waals surface area contributed by atoms with Gasteiger partial charge in [0.1, 0.15) is 0 Å². The van der Waals surface area contributed by atoms with Gasteiger partial charge in [-0.3, -0.25) is 0 Å². The van der Waals surface area contributed by atoms with Crippen LogP contribution in [-0.2, 0) is 9.47 Å². The first kappa shape index (κ1) is 31.0. The van der Waals surface area contributed by atoms with Crippen molar-refractivity contribution in [3.05, 3.63) is 77.4 Å². The second-order valence-electron chi connectivity index (χ2n) is 10.8. The molecule has 0 aliphatic carbocycles. The van der Waals surface area contributed by atoms with Crippen molar-refractivity contribution in [3.63, 3.8) is 0 Å². The van der Waals surface area contributed by atoms with Crippen LogP contribution in [0.15, 0.2) is 48.5 Å². The van der Waals surface area contributed by atoms with E-state index in [1.165, 1.54) is 49.9 Å². The Morgan fingerprint density at radius 2 is 1.20 bits per heavy atom. The lowest BCUT2D eigenvalue weighted by Gasteiger charge is -2.30. The topological polar surface area (TPSA) is 27.7 Å². The summed E-state index contributed by atoms with van der Waals surface area (Å²) in [7, 11) is 0. The average Bonchev–Trinajstić information content (AvgIpc) is 2.99. The summed E-state index contributed by atoms with van der Waals surface area (Å²) in [6.07, 6.45) is 8.72. The standard InChI is InChI=1S/C34H40F4O3/c1-3-5-7-8-9-11-23-21-40-34(41-22-23)28-17-16-26(30(35)32(28)37)24-12-14-25(15-13-24)27-18-19-29(33(38)31(27)36)39-20-10-6-4-2/h12-19,23,34H,3-11,20-22H2,1-2H3. The Balaban J connectivity index is 1.40. The molecule has 222 valence electrons. The third kappa shape index (κ3) is 7.89. The van der Waals surface area contributed by atoms with Crippen molar-refractivity contribution in [2.75, 3.05) is 19.8 Å². The second kappa shape index (κ2) is 15.4. The van der Waals surface area contributed by atoms with Gasteiger partial charge in [0.05, 0.1) is 19.8 Å². The normalized spacial score (nSPS) is 17.1. The molecule has 1 aliphatic rings. The summed E-state index contributed by atoms with van der Waals surface area (Å²) >= 11 is 0. The number of ether oxygens (including phenoxy) is 3. The Kier molecular flexibility index (Phi) is 11.6. The molecule has 0 unspecified atom stereocenters. The van der Waals surface area contributed by atoms with Crippen LogP contribution in [0.25, 0.3) is 22.3 Å². The summed E-state index contributed by atoms with van der Waals surface area (Å²) in [4.78, 5) is 0. The Hall–Kier alpha value is -2.90. The van der Waals surface area contributed by atoms with E-state index in [9.17, 15) is 8.78 Å². The maximum atomic E-state index is 15.2. The number of halogens is 4. The molecule has 1 saturated heterocycles. The molecule has 0 saturated carbocycles. The number of hydrogen-bond donors (Lipinski definition) is 0. The van der Waals surface area contributed by atoms with Gasteiger partial charge in [-0.25, -0.2) is 13.2 Å². The van der Waals surface area contributed by atoms with E-state index < -0.39 is 29.6 Å². The molecule has 0 radical (unpaired) electrons. The van der Waals surface area contributed by atoms with Gasteiger partial charge in [-0.2, -0.15) is 4.39 Å². The van der Waals surface area contributed by atoms with Crippen molar-refractivity contribution in [3.8, 4) is 28.0 Å². The highest BCUT2D eigenvalue weighted by Gasteiger charge is 2.28. The van der Waals surface area contributed by atoms with Crippen LogP contribution in [0.4, 0.5) is 17.6 Å². The van der Waals surface area contributed by atoms with Gasteiger partial charge in [0.15, 0.2) is 29.5 Å². The van der Waals surface area contributed by atoms with E-state index in [1.807, 2.05) is 6.92 Å². The van der Waals surface area contributed by atoms with Crippen molar-refractivity contribution in [2.45, 2.75) is 77.9 Å². The van der Waals surface area contributed by atoms with E-state index in [2.05, 4.69) is 6.92 Å². The number of unbranched alkanes of at least 4 members (excludes halogenated alkanes) is 6. The van der Waals surface area contributed by atoms with Crippen LogP contribution < -0.4 is 4.74 Å². The van der Waals surface area contributed by atoms with Gasteiger partial charge in [-0.05, 0) is 36.1 Å². The fraction of sp³-hybridized carbons (Fsp3) is 0.471. The summed E-state index contributed by atoms with van der Waals surface area (Å²) in [5, 5.41) is 0. The van der Waals surface area contributed by atoms with Crippen LogP contribution in [0.5, 0.6) is 5.75 Å². The molecule has 0 spiro atoms. The van der Waals surface area contributed by atoms with Crippen molar-refractivity contribution in [2.24, 2.45) is 5.92 Å². The summed E-state index contributed by atoms with van der Waals surface area (Å²) in [5.74, 6) is -3.96. The lowest BCUT2D eigenvalue weighted by Crippen LogP contribution is -2.27. The Labute approximate surface area is 240 Å². The van der Waals surface area contributed by atoms with E-state index in [0.717, 1.165) is 32.1 Å². The predicted molar refractivity (Wildman–Crippen MR) is 154 cm³/mol. The molecule has 1 heterocycles. The first-order chi connectivity index (χ1) is 19.9. The molecule has 7 heteroatoms. The third-order valence-corrected chi connectivity index (χ3v) is 7.61. The summed E-state index contributed by atoms with van der Waals surface area (Å²) in [6.45, 7) is 5.45. The maximum absolute atomic E-state index is 15.2. The van der Waals surface area contributed by atoms with Crippen LogP contribution in [0.2, 0.25) is 0 Å². The van der Waals surface area contributed by atoms with Gasteiger partial charge >= 0.3 is 0 Å². The minimum atomic E-state index is -1.04. The van der Waals surface area contributed by atoms with E-state index in [4.69, 9.17) is 14.2 Å². The molecule has 3 aromatic rings. The van der Waals surface area contributed by atoms with Crippen molar-refractivity contribution in [1.29, 1.82) is 0 Å². The maximum Gasteiger partial charge on any atom is 0.201 e. The van der Waals surface area contributed by atoms with Gasteiger partial charge in [-0.15, -0.1) is 0 Å². The van der Waals surface area contributed by atoms with E-state index in [0.29, 0.717) is 30.9 Å². The van der Waals surface area contributed by atoms with Gasteiger partial charge in [0, 0.05) is 22.6 Å². The summed E-state index contributed by atoms with van der Waals surface area (Å²) in [5.41, 5.74) is 0.953. The van der Waals surface area contributed by atoms with Crippen LogP contribution in [0.1, 0.15) is 83.5 Å². The first-order valence-corrected chi connectivity index (χ1v) is 14.9. The molecule has 0 aromatic heterocycles. The summed E-state index contributed by atoms with van der Waals surface area (Å²) < 4.78 is 76.6. The molecule has 4 rings (SSSR count). The van der Waals surface area contributed by atoms with Crippen LogP contribution in [0, 0.1) is 29.2 Å². The van der Waals surface area contributed by atoms with Gasteiger partial charge in [-0.1, -0.05) is 95.2 Å². The minimum Gasteiger partial charge on any atom is -0.490 e. The van der Waals surface area contributed by atoms with E-state index in [-0.39, 0.29) is 28.4 Å². The number of hydrogen-bond acceptors (Lipinski definition) is 3. The number of benzene rings is 3. The predicted octanol–water partition coefficient (Wildman–Crippen LogP) is 10.2. The molecule has 1 fully saturated rings. The molecule has 0 amide bonds. The average molecular weight is 573 g/mol. The highest BCUT2D eigenvalue weighted by Crippen LogP contribution is 2.35. The smallest absolute Gasteiger partial charge is 0.201 e. The van der Waals surface area contributed by atoms with Crippen molar-refractivity contribution in [1.82, 2.24) is 0 Å². The fourth-order valence-electron chi connectivity index (χ4n) is 5.13. The quantitative estimate of drug-likeness (QED) is 0.142. The van der Waals surface area contributed by atoms with Gasteiger partial charge < -0.3 is 14.2 Å². The van der Waals surface area contributed by atoms with Crippen LogP contribution in [-0.4, -0.2) is 19.8 Å².